The summed E-state index contributed by atoms with van der Waals surface area (Å²) in [5.41, 5.74) is 3.24. The van der Waals surface area contributed by atoms with E-state index in [1.165, 1.54) is 12.3 Å². The average molecular weight is 309 g/mol. The summed E-state index contributed by atoms with van der Waals surface area (Å²) >= 11 is 0. The number of aryl methyl sites for hydroxylation is 2. The van der Waals surface area contributed by atoms with E-state index in [1.54, 1.807) is 24.0 Å². The molecule has 0 radical (unpaired) electrons. The Morgan fingerprint density at radius 1 is 1.26 bits per heavy atom. The highest BCUT2D eigenvalue weighted by atomic mass is 16.2. The first-order valence-corrected chi connectivity index (χ1v) is 6.99. The summed E-state index contributed by atoms with van der Waals surface area (Å²) in [5, 5.41) is 9.27. The van der Waals surface area contributed by atoms with Crippen molar-refractivity contribution in [3.8, 4) is 11.3 Å². The molecule has 1 aromatic carbocycles. The molecule has 7 heteroatoms. The molecule has 0 fully saturated rings. The van der Waals surface area contributed by atoms with Crippen molar-refractivity contribution in [1.29, 1.82) is 0 Å². The van der Waals surface area contributed by atoms with Crippen molar-refractivity contribution in [2.45, 2.75) is 6.92 Å². The number of benzene rings is 1. The van der Waals surface area contributed by atoms with Gasteiger partial charge >= 0.3 is 0 Å². The molecule has 116 valence electrons. The van der Waals surface area contributed by atoms with Crippen LogP contribution in [-0.2, 0) is 7.05 Å². The zero-order chi connectivity index (χ0) is 16.4. The third-order valence-corrected chi connectivity index (χ3v) is 3.51. The van der Waals surface area contributed by atoms with Crippen molar-refractivity contribution < 1.29 is 4.79 Å². The number of aromatic amines is 1. The van der Waals surface area contributed by atoms with Crippen LogP contribution in [0.4, 0.5) is 5.69 Å². The molecule has 0 aliphatic rings. The van der Waals surface area contributed by atoms with Gasteiger partial charge in [-0.05, 0) is 24.6 Å². The van der Waals surface area contributed by atoms with Crippen LogP contribution < -0.4 is 10.9 Å². The first kappa shape index (κ1) is 14.7. The van der Waals surface area contributed by atoms with Crippen LogP contribution in [0, 0.1) is 6.92 Å². The lowest BCUT2D eigenvalue weighted by Gasteiger charge is -2.10. The molecule has 3 aromatic rings. The fourth-order valence-corrected chi connectivity index (χ4v) is 2.18. The van der Waals surface area contributed by atoms with E-state index in [2.05, 4.69) is 20.5 Å². The summed E-state index contributed by atoms with van der Waals surface area (Å²) in [6.45, 7) is 1.91. The van der Waals surface area contributed by atoms with Gasteiger partial charge in [-0.3, -0.25) is 9.59 Å². The number of carbonyl (C=O) groups excluding carboxylic acids is 1. The van der Waals surface area contributed by atoms with Gasteiger partial charge in [0.25, 0.3) is 11.5 Å². The maximum Gasteiger partial charge on any atom is 0.273 e. The van der Waals surface area contributed by atoms with Gasteiger partial charge in [0.05, 0.1) is 18.2 Å². The second kappa shape index (κ2) is 5.88. The Labute approximate surface area is 132 Å². The maximum atomic E-state index is 12.3. The Bertz CT molecular complexity index is 906. The zero-order valence-corrected chi connectivity index (χ0v) is 12.7. The minimum atomic E-state index is -0.259. The van der Waals surface area contributed by atoms with Gasteiger partial charge in [-0.2, -0.15) is 5.10 Å². The van der Waals surface area contributed by atoms with Crippen LogP contribution in [0.3, 0.4) is 0 Å². The Morgan fingerprint density at radius 2 is 2.09 bits per heavy atom. The summed E-state index contributed by atoms with van der Waals surface area (Å²) in [5.74, 6) is -0.236. The number of hydrogen-bond donors (Lipinski definition) is 2. The average Bonchev–Trinajstić information content (AvgIpc) is 2.96. The summed E-state index contributed by atoms with van der Waals surface area (Å²) in [7, 11) is 1.76. The van der Waals surface area contributed by atoms with Crippen LogP contribution >= 0.6 is 0 Å². The Balaban J connectivity index is 1.92. The SMILES string of the molecule is Cc1ccc(-c2ccc(=O)[nH]n2)cc1NC(=O)c1cncn1C. The normalized spacial score (nSPS) is 10.5. The standard InChI is InChI=1S/C16H15N5O2/c1-10-3-4-11(12-5-6-15(22)20-19-12)7-13(10)18-16(23)14-8-17-9-21(14)2/h3-9H,1-2H3,(H,18,23)(H,20,22). The number of nitrogens with one attached hydrogen (secondary N) is 2. The number of carbonyl (C=O) groups is 1. The minimum absolute atomic E-state index is 0.236. The van der Waals surface area contributed by atoms with Crippen molar-refractivity contribution in [2.75, 3.05) is 5.32 Å². The van der Waals surface area contributed by atoms with Crippen LogP contribution in [0.25, 0.3) is 11.3 Å². The smallest absolute Gasteiger partial charge is 0.273 e. The van der Waals surface area contributed by atoms with E-state index in [1.807, 2.05) is 25.1 Å². The number of amides is 1. The van der Waals surface area contributed by atoms with Gasteiger partial charge in [0.1, 0.15) is 5.69 Å². The Kier molecular flexibility index (Phi) is 3.76. The summed E-state index contributed by atoms with van der Waals surface area (Å²) < 4.78 is 1.65. The second-order valence-electron chi connectivity index (χ2n) is 5.18. The highest BCUT2D eigenvalue weighted by molar-refractivity contribution is 6.03. The number of nitrogens with zero attached hydrogens (tertiary/aromatic N) is 3. The number of hydrogen-bond acceptors (Lipinski definition) is 4. The topological polar surface area (TPSA) is 92.7 Å². The van der Waals surface area contributed by atoms with Crippen LogP contribution in [0.15, 0.2) is 47.7 Å². The van der Waals surface area contributed by atoms with E-state index in [0.29, 0.717) is 17.1 Å². The largest absolute Gasteiger partial charge is 0.330 e. The molecule has 0 bridgehead atoms. The van der Waals surface area contributed by atoms with Crippen molar-refractivity contribution in [2.24, 2.45) is 7.05 Å². The molecule has 0 saturated carbocycles. The Morgan fingerprint density at radius 3 is 2.74 bits per heavy atom. The minimum Gasteiger partial charge on any atom is -0.330 e. The van der Waals surface area contributed by atoms with E-state index < -0.39 is 0 Å². The first-order chi connectivity index (χ1) is 11.0. The number of anilines is 1. The molecule has 3 rings (SSSR count). The van der Waals surface area contributed by atoms with Crippen LogP contribution in [0.2, 0.25) is 0 Å². The van der Waals surface area contributed by atoms with E-state index in [9.17, 15) is 9.59 Å². The molecular weight excluding hydrogens is 294 g/mol. The molecule has 0 aliphatic heterocycles. The highest BCUT2D eigenvalue weighted by Crippen LogP contribution is 2.23. The molecule has 23 heavy (non-hydrogen) atoms. The molecule has 0 saturated heterocycles. The molecule has 2 aromatic heterocycles. The van der Waals surface area contributed by atoms with Gasteiger partial charge in [0.2, 0.25) is 0 Å². The summed E-state index contributed by atoms with van der Waals surface area (Å²) in [6.07, 6.45) is 3.08. The number of rotatable bonds is 3. The predicted molar refractivity (Wildman–Crippen MR) is 86.2 cm³/mol. The lowest BCUT2D eigenvalue weighted by atomic mass is 10.1. The van der Waals surface area contributed by atoms with Gasteiger partial charge in [-0.25, -0.2) is 10.1 Å². The lowest BCUT2D eigenvalue weighted by Crippen LogP contribution is -2.16. The molecular formula is C16H15N5O2. The lowest BCUT2D eigenvalue weighted by molar-refractivity contribution is 0.101. The highest BCUT2D eigenvalue weighted by Gasteiger charge is 2.12. The van der Waals surface area contributed by atoms with Gasteiger partial charge in [-0.15, -0.1) is 0 Å². The third-order valence-electron chi connectivity index (χ3n) is 3.51. The first-order valence-electron chi connectivity index (χ1n) is 6.99. The van der Waals surface area contributed by atoms with E-state index in [-0.39, 0.29) is 11.5 Å². The van der Waals surface area contributed by atoms with Crippen LogP contribution in [0.1, 0.15) is 16.1 Å². The van der Waals surface area contributed by atoms with Gasteiger partial charge < -0.3 is 9.88 Å². The zero-order valence-electron chi connectivity index (χ0n) is 12.7. The second-order valence-corrected chi connectivity index (χ2v) is 5.18. The molecule has 2 heterocycles. The van der Waals surface area contributed by atoms with Gasteiger partial charge in [0, 0.05) is 24.4 Å². The summed E-state index contributed by atoms with van der Waals surface area (Å²) in [6, 6.07) is 8.65. The molecule has 0 aliphatic carbocycles. The van der Waals surface area contributed by atoms with E-state index >= 15 is 0 Å². The van der Waals surface area contributed by atoms with Gasteiger partial charge in [-0.1, -0.05) is 12.1 Å². The van der Waals surface area contributed by atoms with E-state index in [0.717, 1.165) is 11.1 Å². The monoisotopic (exact) mass is 309 g/mol. The number of imidazole rings is 1. The molecule has 2 N–H and O–H groups in total. The Hall–Kier alpha value is -3.22. The fourth-order valence-electron chi connectivity index (χ4n) is 2.18. The van der Waals surface area contributed by atoms with Gasteiger partial charge in [0.15, 0.2) is 0 Å². The maximum absolute atomic E-state index is 12.3. The molecule has 1 amide bonds. The predicted octanol–water partition coefficient (Wildman–Crippen LogP) is 1.73. The van der Waals surface area contributed by atoms with Crippen molar-refractivity contribution in [1.82, 2.24) is 19.7 Å². The molecule has 0 atom stereocenters. The van der Waals surface area contributed by atoms with Crippen molar-refractivity contribution in [3.05, 3.63) is 64.5 Å². The number of H-pyrrole nitrogens is 1. The fraction of sp³-hybridized carbons (Fsp3) is 0.125. The van der Waals surface area contributed by atoms with Crippen molar-refractivity contribution in [3.63, 3.8) is 0 Å². The van der Waals surface area contributed by atoms with Crippen LogP contribution in [-0.4, -0.2) is 25.7 Å². The molecule has 0 spiro atoms. The van der Waals surface area contributed by atoms with Crippen molar-refractivity contribution >= 4 is 11.6 Å². The quantitative estimate of drug-likeness (QED) is 0.770. The molecule has 0 unspecified atom stereocenters. The number of aromatic nitrogens is 4. The summed E-state index contributed by atoms with van der Waals surface area (Å²) in [4.78, 5) is 27.3. The van der Waals surface area contributed by atoms with E-state index in [4.69, 9.17) is 0 Å². The van der Waals surface area contributed by atoms with Crippen LogP contribution in [0.5, 0.6) is 0 Å². The molecule has 7 nitrogen and oxygen atoms in total. The third kappa shape index (κ3) is 3.03.